The third-order valence-corrected chi connectivity index (χ3v) is 6.31. The lowest BCUT2D eigenvalue weighted by atomic mass is 9.86. The number of carbonyl (C=O) groups excluding carboxylic acids is 1. The van der Waals surface area contributed by atoms with Crippen LogP contribution < -0.4 is 4.74 Å². The Hall–Kier alpha value is -1.63. The molecule has 3 rings (SSSR count). The van der Waals surface area contributed by atoms with Gasteiger partial charge in [0.1, 0.15) is 5.75 Å². The molecule has 0 aliphatic carbocycles. The van der Waals surface area contributed by atoms with Crippen LogP contribution in [0.4, 0.5) is 0 Å². The van der Waals surface area contributed by atoms with Gasteiger partial charge in [0.2, 0.25) is 0 Å². The molecule has 1 amide bonds. The van der Waals surface area contributed by atoms with Crippen molar-refractivity contribution in [2.75, 3.05) is 60.0 Å². The second-order valence-corrected chi connectivity index (χ2v) is 8.28. The summed E-state index contributed by atoms with van der Waals surface area (Å²) in [6.45, 7) is 8.15. The molecule has 1 N–H and O–H groups in total. The number of aryl methyl sites for hydroxylation is 1. The Morgan fingerprint density at radius 2 is 1.96 bits per heavy atom. The minimum absolute atomic E-state index is 0.0580. The van der Waals surface area contributed by atoms with Crippen LogP contribution >= 0.6 is 0 Å². The molecule has 6 heteroatoms. The first kappa shape index (κ1) is 21.1. The van der Waals surface area contributed by atoms with Gasteiger partial charge in [0.15, 0.2) is 0 Å². The average molecular weight is 390 g/mol. The molecule has 2 aliphatic heterocycles. The fraction of sp³-hybridized carbons (Fsp3) is 0.682. The van der Waals surface area contributed by atoms with Crippen molar-refractivity contribution in [2.24, 2.45) is 5.92 Å². The summed E-state index contributed by atoms with van der Waals surface area (Å²) in [6, 6.07) is 6.28. The predicted molar refractivity (Wildman–Crippen MR) is 111 cm³/mol. The maximum atomic E-state index is 13.2. The van der Waals surface area contributed by atoms with Gasteiger partial charge in [-0.25, -0.2) is 0 Å². The first-order valence-electron chi connectivity index (χ1n) is 10.5. The van der Waals surface area contributed by atoms with Crippen LogP contribution in [0.25, 0.3) is 0 Å². The van der Waals surface area contributed by atoms with E-state index in [0.29, 0.717) is 23.3 Å². The molecule has 0 saturated carbocycles. The van der Waals surface area contributed by atoms with Gasteiger partial charge in [0.05, 0.1) is 12.7 Å². The third-order valence-electron chi connectivity index (χ3n) is 6.31. The number of benzene rings is 1. The molecule has 2 atom stereocenters. The summed E-state index contributed by atoms with van der Waals surface area (Å²) in [5.74, 6) is 1.12. The van der Waals surface area contributed by atoms with Crippen molar-refractivity contribution in [3.63, 3.8) is 0 Å². The lowest BCUT2D eigenvalue weighted by Gasteiger charge is -2.46. The first-order chi connectivity index (χ1) is 13.5. The molecule has 1 aromatic rings. The molecule has 0 bridgehead atoms. The zero-order valence-electron chi connectivity index (χ0n) is 17.6. The highest BCUT2D eigenvalue weighted by atomic mass is 16.5. The molecule has 2 saturated heterocycles. The van der Waals surface area contributed by atoms with E-state index in [1.807, 2.05) is 30.0 Å². The number of piperazine rings is 1. The van der Waals surface area contributed by atoms with Gasteiger partial charge in [-0.2, -0.15) is 0 Å². The van der Waals surface area contributed by atoms with Gasteiger partial charge in [-0.3, -0.25) is 9.69 Å². The number of rotatable bonds is 6. The van der Waals surface area contributed by atoms with Gasteiger partial charge >= 0.3 is 0 Å². The number of amides is 1. The summed E-state index contributed by atoms with van der Waals surface area (Å²) in [4.78, 5) is 20.2. The molecule has 156 valence electrons. The summed E-state index contributed by atoms with van der Waals surface area (Å²) < 4.78 is 5.46. The van der Waals surface area contributed by atoms with E-state index in [0.717, 1.165) is 64.1 Å². The monoisotopic (exact) mass is 389 g/mol. The third kappa shape index (κ3) is 4.85. The summed E-state index contributed by atoms with van der Waals surface area (Å²) in [7, 11) is 3.80. The summed E-state index contributed by atoms with van der Waals surface area (Å²) in [6.07, 6.45) is 2.76. The van der Waals surface area contributed by atoms with Crippen molar-refractivity contribution in [1.29, 1.82) is 0 Å². The van der Waals surface area contributed by atoms with Crippen molar-refractivity contribution < 1.29 is 14.6 Å². The molecule has 0 aromatic heterocycles. The highest BCUT2D eigenvalue weighted by molar-refractivity contribution is 5.97. The van der Waals surface area contributed by atoms with Crippen LogP contribution in [0.1, 0.15) is 35.2 Å². The van der Waals surface area contributed by atoms with Crippen molar-refractivity contribution >= 4 is 5.91 Å². The van der Waals surface area contributed by atoms with Crippen LogP contribution in [-0.2, 0) is 0 Å². The van der Waals surface area contributed by atoms with Crippen LogP contribution in [-0.4, -0.2) is 91.8 Å². The lowest BCUT2D eigenvalue weighted by molar-refractivity contribution is 0.0216. The number of nitrogens with zero attached hydrogens (tertiary/aromatic N) is 3. The number of aliphatic hydroxyl groups is 1. The van der Waals surface area contributed by atoms with E-state index in [9.17, 15) is 9.90 Å². The maximum absolute atomic E-state index is 13.2. The molecule has 6 nitrogen and oxygen atoms in total. The molecule has 2 aliphatic rings. The summed E-state index contributed by atoms with van der Waals surface area (Å²) in [5.41, 5.74) is 1.73. The number of likely N-dealkylation sites (tertiary alicyclic amines) is 1. The van der Waals surface area contributed by atoms with Gasteiger partial charge in [-0.05, 0) is 56.8 Å². The van der Waals surface area contributed by atoms with Crippen LogP contribution in [0, 0.1) is 12.8 Å². The van der Waals surface area contributed by atoms with E-state index in [4.69, 9.17) is 4.74 Å². The number of hydrogen-bond acceptors (Lipinski definition) is 5. The Morgan fingerprint density at radius 1 is 1.21 bits per heavy atom. The normalized spacial score (nSPS) is 24.4. The maximum Gasteiger partial charge on any atom is 0.257 e. The van der Waals surface area contributed by atoms with Crippen LogP contribution in [0.5, 0.6) is 5.75 Å². The predicted octanol–water partition coefficient (Wildman–Crippen LogP) is 1.85. The number of ether oxygens (including phenoxy) is 1. The standard InChI is InChI=1S/C22H35N3O3/c1-17-6-7-19(21(15-17)28-3)22(27)25-9-8-20(18(16-25)5-4-14-26)24-12-10-23(2)11-13-24/h6-7,15,18,20,26H,4-5,8-14,16H2,1-3H3/t18-,20+/m1/s1. The van der Waals surface area contributed by atoms with Crippen LogP contribution in [0.15, 0.2) is 18.2 Å². The lowest BCUT2D eigenvalue weighted by Crippen LogP contribution is -2.56. The molecular formula is C22H35N3O3. The number of piperidine rings is 1. The quantitative estimate of drug-likeness (QED) is 0.805. The van der Waals surface area contributed by atoms with E-state index >= 15 is 0 Å². The van der Waals surface area contributed by atoms with E-state index < -0.39 is 0 Å². The Labute approximate surface area is 169 Å². The number of likely N-dealkylation sites (N-methyl/N-ethyl adjacent to an activating group) is 1. The second kappa shape index (κ2) is 9.72. The summed E-state index contributed by atoms with van der Waals surface area (Å²) >= 11 is 0. The Balaban J connectivity index is 1.72. The van der Waals surface area contributed by atoms with Crippen molar-refractivity contribution in [3.05, 3.63) is 29.3 Å². The Kier molecular flexibility index (Phi) is 7.32. The molecule has 1 aromatic carbocycles. The van der Waals surface area contributed by atoms with E-state index in [1.54, 1.807) is 7.11 Å². The van der Waals surface area contributed by atoms with E-state index in [2.05, 4.69) is 16.8 Å². The number of methoxy groups -OCH3 is 1. The largest absolute Gasteiger partial charge is 0.496 e. The average Bonchev–Trinajstić information content (AvgIpc) is 2.72. The van der Waals surface area contributed by atoms with Crippen molar-refractivity contribution in [3.8, 4) is 5.75 Å². The molecule has 0 unspecified atom stereocenters. The SMILES string of the molecule is COc1cc(C)ccc1C(=O)N1CC[C@H](N2CCN(C)CC2)[C@H](CCCO)C1. The molecule has 0 radical (unpaired) electrons. The topological polar surface area (TPSA) is 56.2 Å². The molecule has 2 heterocycles. The smallest absolute Gasteiger partial charge is 0.257 e. The summed E-state index contributed by atoms with van der Waals surface area (Å²) in [5, 5.41) is 9.36. The van der Waals surface area contributed by atoms with Gasteiger partial charge in [-0.1, -0.05) is 6.07 Å². The highest BCUT2D eigenvalue weighted by Gasteiger charge is 2.36. The van der Waals surface area contributed by atoms with Crippen molar-refractivity contribution in [2.45, 2.75) is 32.2 Å². The molecule has 28 heavy (non-hydrogen) atoms. The highest BCUT2D eigenvalue weighted by Crippen LogP contribution is 2.29. The number of hydrogen-bond donors (Lipinski definition) is 1. The van der Waals surface area contributed by atoms with Crippen LogP contribution in [0.2, 0.25) is 0 Å². The van der Waals surface area contributed by atoms with E-state index in [-0.39, 0.29) is 12.5 Å². The van der Waals surface area contributed by atoms with E-state index in [1.165, 1.54) is 0 Å². The minimum Gasteiger partial charge on any atom is -0.496 e. The molecule has 0 spiro atoms. The number of carbonyl (C=O) groups is 1. The Bertz CT molecular complexity index is 658. The Morgan fingerprint density at radius 3 is 2.64 bits per heavy atom. The van der Waals surface area contributed by atoms with Gasteiger partial charge in [0, 0.05) is 51.9 Å². The van der Waals surface area contributed by atoms with Gasteiger partial charge < -0.3 is 19.6 Å². The van der Waals surface area contributed by atoms with Crippen molar-refractivity contribution in [1.82, 2.24) is 14.7 Å². The minimum atomic E-state index is 0.0580. The molecular weight excluding hydrogens is 354 g/mol. The molecule has 2 fully saturated rings. The fourth-order valence-electron chi connectivity index (χ4n) is 4.62. The fourth-order valence-corrected chi connectivity index (χ4v) is 4.62. The second-order valence-electron chi connectivity index (χ2n) is 8.28. The van der Waals surface area contributed by atoms with Crippen LogP contribution in [0.3, 0.4) is 0 Å². The van der Waals surface area contributed by atoms with Gasteiger partial charge in [-0.15, -0.1) is 0 Å². The zero-order chi connectivity index (χ0) is 20.1. The first-order valence-corrected chi connectivity index (χ1v) is 10.5. The van der Waals surface area contributed by atoms with Gasteiger partial charge in [0.25, 0.3) is 5.91 Å². The zero-order valence-corrected chi connectivity index (χ0v) is 17.6. The number of aliphatic hydroxyl groups excluding tert-OH is 1.